The van der Waals surface area contributed by atoms with E-state index in [1.165, 1.54) is 0 Å². The third-order valence-corrected chi connectivity index (χ3v) is 2.92. The molecule has 1 N–H and O–H groups in total. The summed E-state index contributed by atoms with van der Waals surface area (Å²) in [5.41, 5.74) is 0.955. The minimum atomic E-state index is -0.787. The van der Waals surface area contributed by atoms with Crippen LogP contribution in [0.1, 0.15) is 18.0 Å². The van der Waals surface area contributed by atoms with Crippen LogP contribution in [0.15, 0.2) is 24.5 Å². The fourth-order valence-corrected chi connectivity index (χ4v) is 2.09. The average molecular weight is 236 g/mol. The Balaban J connectivity index is 2.15. The molecule has 1 atom stereocenters. The number of pyridine rings is 1. The molecule has 0 unspecified atom stereocenters. The molecule has 0 saturated carbocycles. The first-order valence-corrected chi connectivity index (χ1v) is 5.71. The molecule has 2 rings (SSSR count). The zero-order chi connectivity index (χ0) is 12.1. The smallest absolute Gasteiger partial charge is 0.305 e. The SMILES string of the molecule is O=C(O)C[C@@H](c1cccnc1)N1CCOCC1. The highest BCUT2D eigenvalue weighted by Crippen LogP contribution is 2.24. The summed E-state index contributed by atoms with van der Waals surface area (Å²) in [5.74, 6) is -0.787. The number of rotatable bonds is 4. The summed E-state index contributed by atoms with van der Waals surface area (Å²) < 4.78 is 5.29. The van der Waals surface area contributed by atoms with Gasteiger partial charge in [0.2, 0.25) is 0 Å². The molecule has 0 aromatic carbocycles. The Kier molecular flexibility index (Phi) is 4.06. The van der Waals surface area contributed by atoms with E-state index in [1.54, 1.807) is 12.4 Å². The fraction of sp³-hybridized carbons (Fsp3) is 0.500. The first-order valence-electron chi connectivity index (χ1n) is 5.71. The number of aromatic nitrogens is 1. The second-order valence-corrected chi connectivity index (χ2v) is 4.05. The first kappa shape index (κ1) is 12.0. The predicted molar refractivity (Wildman–Crippen MR) is 61.6 cm³/mol. The van der Waals surface area contributed by atoms with Gasteiger partial charge in [0, 0.05) is 31.5 Å². The number of carbonyl (C=O) groups is 1. The van der Waals surface area contributed by atoms with E-state index in [0.29, 0.717) is 13.2 Å². The van der Waals surface area contributed by atoms with Crippen LogP contribution in [0.3, 0.4) is 0 Å². The minimum absolute atomic E-state index is 0.103. The van der Waals surface area contributed by atoms with Crippen molar-refractivity contribution in [3.63, 3.8) is 0 Å². The number of nitrogens with zero attached hydrogens (tertiary/aromatic N) is 2. The average Bonchev–Trinajstić information content (AvgIpc) is 2.38. The van der Waals surface area contributed by atoms with Gasteiger partial charge in [0.25, 0.3) is 0 Å². The van der Waals surface area contributed by atoms with Crippen molar-refractivity contribution in [1.82, 2.24) is 9.88 Å². The number of aliphatic carboxylic acids is 1. The van der Waals surface area contributed by atoms with Crippen LogP contribution in [0.25, 0.3) is 0 Å². The third-order valence-electron chi connectivity index (χ3n) is 2.92. The van der Waals surface area contributed by atoms with Gasteiger partial charge in [-0.25, -0.2) is 0 Å². The van der Waals surface area contributed by atoms with Crippen LogP contribution < -0.4 is 0 Å². The second kappa shape index (κ2) is 5.75. The van der Waals surface area contributed by atoms with E-state index >= 15 is 0 Å². The van der Waals surface area contributed by atoms with E-state index in [1.807, 2.05) is 12.1 Å². The molecular formula is C12H16N2O3. The van der Waals surface area contributed by atoms with Crippen molar-refractivity contribution >= 4 is 5.97 Å². The summed E-state index contributed by atoms with van der Waals surface area (Å²) in [6, 6.07) is 3.66. The van der Waals surface area contributed by atoms with Gasteiger partial charge in [-0.3, -0.25) is 14.7 Å². The second-order valence-electron chi connectivity index (χ2n) is 4.05. The summed E-state index contributed by atoms with van der Waals surface area (Å²) in [4.78, 5) is 17.2. The molecule has 92 valence electrons. The third kappa shape index (κ3) is 3.25. The summed E-state index contributed by atoms with van der Waals surface area (Å²) in [6.45, 7) is 2.87. The van der Waals surface area contributed by atoms with Crippen LogP contribution in [-0.4, -0.2) is 47.3 Å². The predicted octanol–water partition coefficient (Wildman–Crippen LogP) is 0.930. The minimum Gasteiger partial charge on any atom is -0.481 e. The highest BCUT2D eigenvalue weighted by atomic mass is 16.5. The van der Waals surface area contributed by atoms with E-state index in [4.69, 9.17) is 9.84 Å². The standard InChI is InChI=1S/C12H16N2O3/c15-12(16)8-11(10-2-1-3-13-9-10)14-4-6-17-7-5-14/h1-3,9,11H,4-8H2,(H,15,16)/t11-/m0/s1. The molecular weight excluding hydrogens is 220 g/mol. The van der Waals surface area contributed by atoms with E-state index in [2.05, 4.69) is 9.88 Å². The Labute approximate surface area is 100 Å². The van der Waals surface area contributed by atoms with Crippen molar-refractivity contribution in [2.75, 3.05) is 26.3 Å². The van der Waals surface area contributed by atoms with Crippen molar-refractivity contribution in [3.8, 4) is 0 Å². The molecule has 1 aliphatic heterocycles. The number of carboxylic acid groups (broad SMARTS) is 1. The molecule has 0 bridgehead atoms. The van der Waals surface area contributed by atoms with Gasteiger partial charge in [0.15, 0.2) is 0 Å². The quantitative estimate of drug-likeness (QED) is 0.842. The van der Waals surface area contributed by atoms with Crippen LogP contribution in [0, 0.1) is 0 Å². The molecule has 0 radical (unpaired) electrons. The van der Waals surface area contributed by atoms with Crippen LogP contribution in [-0.2, 0) is 9.53 Å². The van der Waals surface area contributed by atoms with Gasteiger partial charge in [0.05, 0.1) is 19.6 Å². The largest absolute Gasteiger partial charge is 0.481 e. The molecule has 0 spiro atoms. The maximum Gasteiger partial charge on any atom is 0.305 e. The van der Waals surface area contributed by atoms with E-state index in [0.717, 1.165) is 18.7 Å². The zero-order valence-electron chi connectivity index (χ0n) is 9.58. The lowest BCUT2D eigenvalue weighted by Crippen LogP contribution is -2.39. The molecule has 1 aromatic heterocycles. The van der Waals surface area contributed by atoms with Crippen molar-refractivity contribution in [2.24, 2.45) is 0 Å². The first-order chi connectivity index (χ1) is 8.27. The molecule has 5 nitrogen and oxygen atoms in total. The van der Waals surface area contributed by atoms with Crippen molar-refractivity contribution in [3.05, 3.63) is 30.1 Å². The van der Waals surface area contributed by atoms with Gasteiger partial charge < -0.3 is 9.84 Å². The molecule has 0 aliphatic carbocycles. The van der Waals surface area contributed by atoms with Crippen LogP contribution in [0.5, 0.6) is 0 Å². The maximum absolute atomic E-state index is 10.9. The normalized spacial score (nSPS) is 18.8. The lowest BCUT2D eigenvalue weighted by molar-refractivity contribution is -0.139. The highest BCUT2D eigenvalue weighted by Gasteiger charge is 2.24. The Hall–Kier alpha value is -1.46. The number of hydrogen-bond acceptors (Lipinski definition) is 4. The summed E-state index contributed by atoms with van der Waals surface area (Å²) in [6.07, 6.45) is 3.54. The molecule has 1 aromatic rings. The number of ether oxygens (including phenoxy) is 1. The Morgan fingerprint density at radius 2 is 2.29 bits per heavy atom. The monoisotopic (exact) mass is 236 g/mol. The molecule has 0 amide bonds. The Morgan fingerprint density at radius 1 is 1.53 bits per heavy atom. The summed E-state index contributed by atoms with van der Waals surface area (Å²) in [5, 5.41) is 9.00. The lowest BCUT2D eigenvalue weighted by Gasteiger charge is -2.33. The van der Waals surface area contributed by atoms with E-state index in [9.17, 15) is 4.79 Å². The zero-order valence-corrected chi connectivity index (χ0v) is 9.58. The summed E-state index contributed by atoms with van der Waals surface area (Å²) >= 11 is 0. The van der Waals surface area contributed by atoms with Gasteiger partial charge in [0.1, 0.15) is 0 Å². The van der Waals surface area contributed by atoms with Gasteiger partial charge in [-0.15, -0.1) is 0 Å². The fourth-order valence-electron chi connectivity index (χ4n) is 2.09. The van der Waals surface area contributed by atoms with Gasteiger partial charge >= 0.3 is 5.97 Å². The van der Waals surface area contributed by atoms with Crippen molar-refractivity contribution in [2.45, 2.75) is 12.5 Å². The molecule has 17 heavy (non-hydrogen) atoms. The molecule has 1 aliphatic rings. The van der Waals surface area contributed by atoms with Crippen molar-refractivity contribution in [1.29, 1.82) is 0 Å². The Bertz CT molecular complexity index is 363. The number of hydrogen-bond donors (Lipinski definition) is 1. The summed E-state index contributed by atoms with van der Waals surface area (Å²) in [7, 11) is 0. The maximum atomic E-state index is 10.9. The molecule has 5 heteroatoms. The van der Waals surface area contributed by atoms with Gasteiger partial charge in [-0.2, -0.15) is 0 Å². The molecule has 1 fully saturated rings. The lowest BCUT2D eigenvalue weighted by atomic mass is 10.0. The van der Waals surface area contributed by atoms with E-state index in [-0.39, 0.29) is 12.5 Å². The topological polar surface area (TPSA) is 62.7 Å². The number of carboxylic acids is 1. The Morgan fingerprint density at radius 3 is 2.88 bits per heavy atom. The molecule has 2 heterocycles. The van der Waals surface area contributed by atoms with E-state index < -0.39 is 5.97 Å². The van der Waals surface area contributed by atoms with Gasteiger partial charge in [-0.05, 0) is 11.6 Å². The van der Waals surface area contributed by atoms with Gasteiger partial charge in [-0.1, -0.05) is 6.07 Å². The van der Waals surface area contributed by atoms with Crippen LogP contribution >= 0.6 is 0 Å². The molecule has 1 saturated heterocycles. The van der Waals surface area contributed by atoms with Crippen LogP contribution in [0.2, 0.25) is 0 Å². The van der Waals surface area contributed by atoms with Crippen LogP contribution in [0.4, 0.5) is 0 Å². The van der Waals surface area contributed by atoms with Crippen molar-refractivity contribution < 1.29 is 14.6 Å². The highest BCUT2D eigenvalue weighted by molar-refractivity contribution is 5.67. The number of morpholine rings is 1.